The van der Waals surface area contributed by atoms with Gasteiger partial charge in [-0.25, -0.2) is 34.3 Å². The van der Waals surface area contributed by atoms with Gasteiger partial charge in [-0.15, -0.1) is 0 Å². The van der Waals surface area contributed by atoms with Crippen LogP contribution < -0.4 is 50.9 Å². The van der Waals surface area contributed by atoms with Crippen LogP contribution in [0.15, 0.2) is 78.5 Å². The van der Waals surface area contributed by atoms with Crippen LogP contribution in [0.4, 0.5) is 17.6 Å². The summed E-state index contributed by atoms with van der Waals surface area (Å²) in [6.45, 7) is 31.2. The minimum absolute atomic E-state index is 0.0461. The van der Waals surface area contributed by atoms with Gasteiger partial charge in [0, 0.05) is 57.9 Å². The standard InChI is InChI=1S/C9H13N5O.C9H13N5.C9H14N2O2.C8H13N3O.C8H12N2O2/c1-9(2,3)14-4-11-5-6(14)12-8(10)13-7(5)15;1-9(2,3)14-5-13-6-7(10)11-4-12-8(6)14;1-6-5-11(9(2,3)4)8(13)10-7(6)12;1-8(2,3)11-5-4-6(9)10-7(11)12;1-8(2,3)10-5-4-6(11)9-7(10)12/h4H,1-3H3,(H3,10,12,13,15);4-5H,1-3H3,(H2,10,11,12);5H,1-4H3,(H,10,12,13);4-5H,1-3H3,(H2,9,10,12);4-5H,1-3H3,(H,9,11,12). The summed E-state index contributed by atoms with van der Waals surface area (Å²) in [5.41, 5.74) is 16.3. The molecular weight excluding hydrogens is 851 g/mol. The molecule has 0 aliphatic carbocycles. The van der Waals surface area contributed by atoms with Crippen LogP contribution in [0.25, 0.3) is 22.3 Å². The molecule has 9 N–H and O–H groups in total. The van der Waals surface area contributed by atoms with Crippen molar-refractivity contribution in [1.29, 1.82) is 0 Å². The Bertz CT molecular complexity index is 3150. The Kier molecular flexibility index (Phi) is 15.8. The van der Waals surface area contributed by atoms with E-state index in [2.05, 4.69) is 65.6 Å². The minimum Gasteiger partial charge on any atom is -0.383 e. The number of nitrogens with zero attached hydrogens (tertiary/aromatic N) is 11. The average molecular weight is 916 g/mol. The third kappa shape index (κ3) is 13.8. The molecule has 7 aromatic heterocycles. The normalized spacial score (nSPS) is 11.9. The number of aryl methyl sites for hydroxylation is 1. The number of rotatable bonds is 0. The molecule has 0 aliphatic heterocycles. The highest BCUT2D eigenvalue weighted by Crippen LogP contribution is 2.22. The lowest BCUT2D eigenvalue weighted by molar-refractivity contribution is 0.375. The van der Waals surface area contributed by atoms with Crippen LogP contribution in [0, 0.1) is 6.92 Å². The first kappa shape index (κ1) is 52.9. The Hall–Kier alpha value is -7.46. The molecule has 358 valence electrons. The van der Waals surface area contributed by atoms with Crippen molar-refractivity contribution in [2.24, 2.45) is 0 Å². The predicted molar refractivity (Wildman–Crippen MR) is 258 cm³/mol. The molecule has 0 unspecified atom stereocenters. The SMILES string of the molecule is CC(C)(C)n1ccc(=O)[nH]c1=O.CC(C)(C)n1ccc(N)nc1=O.CC(C)(C)n1cnc2c(=O)[nH]c(N)nc21.CC(C)(C)n1cnc2c(N)ncnc21.Cc1cn(C(C)(C)C)c(=O)[nH]c1=O. The molecule has 0 saturated carbocycles. The lowest BCUT2D eigenvalue weighted by atomic mass is 10.1. The number of hydrogen-bond acceptors (Lipinski definition) is 15. The molecule has 7 heterocycles. The highest BCUT2D eigenvalue weighted by molar-refractivity contribution is 5.81. The lowest BCUT2D eigenvalue weighted by Crippen LogP contribution is -2.39. The number of nitrogen functional groups attached to an aromatic ring is 3. The van der Waals surface area contributed by atoms with Crippen LogP contribution in [-0.2, 0) is 27.7 Å². The number of fused-ring (bicyclic) bond motifs is 2. The van der Waals surface area contributed by atoms with Crippen molar-refractivity contribution in [3.63, 3.8) is 0 Å². The lowest BCUT2D eigenvalue weighted by Gasteiger charge is -2.21. The number of nitrogens with one attached hydrogen (secondary N) is 3. The van der Waals surface area contributed by atoms with Crippen molar-refractivity contribution in [1.82, 2.24) is 67.7 Å². The van der Waals surface area contributed by atoms with E-state index >= 15 is 0 Å². The Morgan fingerprint density at radius 2 is 0.985 bits per heavy atom. The molecule has 23 heteroatoms. The second kappa shape index (κ2) is 19.7. The zero-order valence-electron chi connectivity index (χ0n) is 40.7. The smallest absolute Gasteiger partial charge is 0.349 e. The van der Waals surface area contributed by atoms with Gasteiger partial charge in [0.15, 0.2) is 22.6 Å². The van der Waals surface area contributed by atoms with Crippen molar-refractivity contribution < 1.29 is 0 Å². The number of H-pyrrole nitrogens is 3. The van der Waals surface area contributed by atoms with Crippen LogP contribution in [0.5, 0.6) is 0 Å². The van der Waals surface area contributed by atoms with Crippen molar-refractivity contribution in [2.45, 2.75) is 138 Å². The van der Waals surface area contributed by atoms with E-state index in [4.69, 9.17) is 17.2 Å². The van der Waals surface area contributed by atoms with Gasteiger partial charge < -0.3 is 26.3 Å². The molecule has 7 rings (SSSR count). The van der Waals surface area contributed by atoms with Crippen LogP contribution in [0.2, 0.25) is 0 Å². The zero-order valence-corrected chi connectivity index (χ0v) is 40.7. The van der Waals surface area contributed by atoms with Gasteiger partial charge in [-0.1, -0.05) is 0 Å². The van der Waals surface area contributed by atoms with E-state index < -0.39 is 0 Å². The van der Waals surface area contributed by atoms with Gasteiger partial charge in [-0.3, -0.25) is 43.0 Å². The molecular formula is C43H65N17O6. The third-order valence-corrected chi connectivity index (χ3v) is 9.17. The van der Waals surface area contributed by atoms with Crippen molar-refractivity contribution in [3.05, 3.63) is 118 Å². The zero-order chi connectivity index (χ0) is 50.5. The molecule has 0 aromatic carbocycles. The molecule has 23 nitrogen and oxygen atoms in total. The molecule has 66 heavy (non-hydrogen) atoms. The van der Waals surface area contributed by atoms with E-state index in [-0.39, 0.29) is 73.2 Å². The number of hydrogen-bond donors (Lipinski definition) is 6. The largest absolute Gasteiger partial charge is 0.383 e. The Morgan fingerprint density at radius 1 is 0.500 bits per heavy atom. The highest BCUT2D eigenvalue weighted by Gasteiger charge is 2.20. The fraction of sp³-hybridized carbons (Fsp3) is 0.488. The van der Waals surface area contributed by atoms with Crippen molar-refractivity contribution in [2.75, 3.05) is 17.2 Å². The van der Waals surface area contributed by atoms with E-state index in [1.54, 1.807) is 42.6 Å². The second-order valence-corrected chi connectivity index (χ2v) is 20.1. The van der Waals surface area contributed by atoms with Gasteiger partial charge in [0.25, 0.3) is 16.7 Å². The minimum atomic E-state index is -0.366. The Labute approximate surface area is 380 Å². The summed E-state index contributed by atoms with van der Waals surface area (Å²) in [6, 6.07) is 2.96. The van der Waals surface area contributed by atoms with Gasteiger partial charge in [0.2, 0.25) is 5.95 Å². The number of aromatic nitrogens is 14. The van der Waals surface area contributed by atoms with Gasteiger partial charge >= 0.3 is 17.1 Å². The molecule has 0 fully saturated rings. The number of aromatic amines is 3. The molecule has 7 aromatic rings. The maximum absolute atomic E-state index is 11.5. The summed E-state index contributed by atoms with van der Waals surface area (Å²) in [4.78, 5) is 97.9. The van der Waals surface area contributed by atoms with E-state index in [0.717, 1.165) is 5.65 Å². The van der Waals surface area contributed by atoms with E-state index in [0.29, 0.717) is 28.1 Å². The topological polar surface area (TPSA) is 330 Å². The van der Waals surface area contributed by atoms with Gasteiger partial charge in [0.05, 0.1) is 12.7 Å². The average Bonchev–Trinajstić information content (AvgIpc) is 3.79. The van der Waals surface area contributed by atoms with Crippen LogP contribution in [0.1, 0.15) is 109 Å². The summed E-state index contributed by atoms with van der Waals surface area (Å²) in [5, 5.41) is 0. The Morgan fingerprint density at radius 3 is 1.48 bits per heavy atom. The van der Waals surface area contributed by atoms with Crippen LogP contribution in [-0.4, -0.2) is 67.7 Å². The predicted octanol–water partition coefficient (Wildman–Crippen LogP) is 3.09. The molecule has 0 spiro atoms. The first-order chi connectivity index (χ1) is 30.0. The maximum atomic E-state index is 11.5. The van der Waals surface area contributed by atoms with E-state index in [1.807, 2.05) is 92.2 Å². The van der Waals surface area contributed by atoms with E-state index in [9.17, 15) is 28.8 Å². The fourth-order valence-electron chi connectivity index (χ4n) is 5.70. The molecule has 0 amide bonds. The summed E-state index contributed by atoms with van der Waals surface area (Å²) in [5.74, 6) is 0.803. The van der Waals surface area contributed by atoms with Crippen LogP contribution >= 0.6 is 0 Å². The van der Waals surface area contributed by atoms with Gasteiger partial charge in [0.1, 0.15) is 17.7 Å². The quantitative estimate of drug-likeness (QED) is 0.127. The molecule has 0 saturated heterocycles. The van der Waals surface area contributed by atoms with Crippen molar-refractivity contribution >= 4 is 39.9 Å². The first-order valence-corrected chi connectivity index (χ1v) is 20.7. The van der Waals surface area contributed by atoms with Gasteiger partial charge in [-0.05, 0) is 117 Å². The van der Waals surface area contributed by atoms with Crippen LogP contribution in [0.3, 0.4) is 0 Å². The summed E-state index contributed by atoms with van der Waals surface area (Å²) in [6.07, 6.45) is 9.55. The summed E-state index contributed by atoms with van der Waals surface area (Å²) in [7, 11) is 0. The number of imidazole rings is 2. The highest BCUT2D eigenvalue weighted by atomic mass is 16.2. The second-order valence-electron chi connectivity index (χ2n) is 20.1. The summed E-state index contributed by atoms with van der Waals surface area (Å²) >= 11 is 0. The molecule has 0 aliphatic rings. The van der Waals surface area contributed by atoms with E-state index in [1.165, 1.54) is 27.7 Å². The van der Waals surface area contributed by atoms with Gasteiger partial charge in [-0.2, -0.15) is 9.97 Å². The molecule has 0 atom stereocenters. The Balaban J connectivity index is 0.000000220. The summed E-state index contributed by atoms with van der Waals surface area (Å²) < 4.78 is 8.36. The van der Waals surface area contributed by atoms with Crippen molar-refractivity contribution in [3.8, 4) is 0 Å². The third-order valence-electron chi connectivity index (χ3n) is 9.17. The first-order valence-electron chi connectivity index (χ1n) is 20.7. The number of anilines is 3. The fourth-order valence-corrected chi connectivity index (χ4v) is 5.70. The number of nitrogens with two attached hydrogens (primary N) is 3. The molecule has 0 bridgehead atoms. The molecule has 0 radical (unpaired) electrons. The maximum Gasteiger partial charge on any atom is 0.349 e. The monoisotopic (exact) mass is 916 g/mol.